The van der Waals surface area contributed by atoms with E-state index >= 15 is 0 Å². The van der Waals surface area contributed by atoms with Crippen molar-refractivity contribution in [2.75, 3.05) is 4.90 Å². The summed E-state index contributed by atoms with van der Waals surface area (Å²) in [5, 5.41) is 0. The molecule has 1 nitrogen and oxygen atoms in total. The summed E-state index contributed by atoms with van der Waals surface area (Å²) < 4.78 is 0. The van der Waals surface area contributed by atoms with Gasteiger partial charge in [0.25, 0.3) is 0 Å². The Morgan fingerprint density at radius 3 is 1.33 bits per heavy atom. The lowest BCUT2D eigenvalue weighted by Gasteiger charge is -2.32. The Morgan fingerprint density at radius 2 is 0.794 bits per heavy atom. The van der Waals surface area contributed by atoms with Crippen LogP contribution in [0.3, 0.4) is 0 Å². The highest BCUT2D eigenvalue weighted by Crippen LogP contribution is 2.63. The zero-order valence-corrected chi connectivity index (χ0v) is 37.6. The van der Waals surface area contributed by atoms with Crippen molar-refractivity contribution in [1.82, 2.24) is 0 Å². The van der Waals surface area contributed by atoms with Crippen LogP contribution in [0.25, 0.3) is 65.4 Å². The van der Waals surface area contributed by atoms with Crippen LogP contribution in [0, 0.1) is 0 Å². The van der Waals surface area contributed by atoms with E-state index in [0.29, 0.717) is 0 Å². The minimum atomic E-state index is -0.298. The van der Waals surface area contributed by atoms with Gasteiger partial charge in [0.1, 0.15) is 0 Å². The van der Waals surface area contributed by atoms with E-state index in [1.165, 1.54) is 116 Å². The van der Waals surface area contributed by atoms with Crippen LogP contribution < -0.4 is 4.90 Å². The van der Waals surface area contributed by atoms with Gasteiger partial charge in [-0.1, -0.05) is 193 Å². The molecular formula is C61H49NS. The molecule has 8 aromatic carbocycles. The largest absolute Gasteiger partial charge is 0.310 e. The maximum atomic E-state index is 2.61. The van der Waals surface area contributed by atoms with Crippen LogP contribution in [-0.2, 0) is 16.2 Å². The zero-order chi connectivity index (χ0) is 42.8. The number of nitrogens with zero attached hydrogens (tertiary/aromatic N) is 1. The summed E-state index contributed by atoms with van der Waals surface area (Å²) in [6.07, 6.45) is 0. The molecule has 0 radical (unpaired) electrons. The highest BCUT2D eigenvalue weighted by Gasteiger charge is 2.45. The van der Waals surface area contributed by atoms with Crippen LogP contribution in [0.1, 0.15) is 74.9 Å². The van der Waals surface area contributed by atoms with E-state index in [4.69, 9.17) is 0 Å². The fraction of sp³-hybridized carbons (Fsp3) is 0.148. The third kappa shape index (κ3) is 5.47. The van der Waals surface area contributed by atoms with Gasteiger partial charge >= 0.3 is 0 Å². The molecule has 1 heterocycles. The number of hydrogen-bond donors (Lipinski definition) is 0. The molecule has 63 heavy (non-hydrogen) atoms. The fourth-order valence-electron chi connectivity index (χ4n) is 11.4. The quantitative estimate of drug-likeness (QED) is 0.161. The summed E-state index contributed by atoms with van der Waals surface area (Å²) in [6.45, 7) is 14.5. The van der Waals surface area contributed by atoms with Gasteiger partial charge in [-0.25, -0.2) is 0 Å². The van der Waals surface area contributed by atoms with Crippen molar-refractivity contribution in [3.63, 3.8) is 0 Å². The van der Waals surface area contributed by atoms with Crippen molar-refractivity contribution in [1.29, 1.82) is 0 Å². The first-order valence-corrected chi connectivity index (χ1v) is 23.2. The second-order valence-electron chi connectivity index (χ2n) is 19.3. The van der Waals surface area contributed by atoms with Crippen LogP contribution in [0.5, 0.6) is 0 Å². The van der Waals surface area contributed by atoms with Gasteiger partial charge < -0.3 is 4.90 Å². The lowest BCUT2D eigenvalue weighted by atomic mass is 9.78. The summed E-state index contributed by atoms with van der Waals surface area (Å²) in [5.41, 5.74) is 24.2. The zero-order valence-electron chi connectivity index (χ0n) is 36.8. The molecule has 304 valence electrons. The second-order valence-corrected chi connectivity index (χ2v) is 20.3. The van der Waals surface area contributed by atoms with Gasteiger partial charge in [-0.2, -0.15) is 0 Å². The summed E-state index contributed by atoms with van der Waals surface area (Å²) in [6, 6.07) is 70.6. The Morgan fingerprint density at radius 1 is 0.333 bits per heavy atom. The van der Waals surface area contributed by atoms with E-state index in [9.17, 15) is 0 Å². The SMILES string of the molecule is CC1(C)c2ccccc2-c2ccc(N(c3ccc4c(c3)C(C)(C)c3ccccc3-4)c3cc(-c4ccccc4)cc4c3-c3sc(-c5ccccc5)c(-c5ccccc5)c3C4(C)C)cc21. The molecule has 0 aliphatic heterocycles. The summed E-state index contributed by atoms with van der Waals surface area (Å²) in [5.74, 6) is 0. The lowest BCUT2D eigenvalue weighted by Crippen LogP contribution is -2.19. The Kier molecular flexibility index (Phi) is 8.22. The van der Waals surface area contributed by atoms with Crippen LogP contribution in [0.2, 0.25) is 0 Å². The Bertz CT molecular complexity index is 3190. The lowest BCUT2D eigenvalue weighted by molar-refractivity contribution is 0.660. The average molecular weight is 828 g/mol. The molecule has 3 aliphatic rings. The Hall–Kier alpha value is -6.74. The molecule has 12 rings (SSSR count). The number of hydrogen-bond acceptors (Lipinski definition) is 2. The summed E-state index contributed by atoms with van der Waals surface area (Å²) in [4.78, 5) is 5.29. The first-order chi connectivity index (χ1) is 30.5. The van der Waals surface area contributed by atoms with Crippen molar-refractivity contribution in [3.8, 4) is 65.4 Å². The molecule has 0 bridgehead atoms. The smallest absolute Gasteiger partial charge is 0.0557 e. The number of benzene rings is 8. The number of rotatable bonds is 6. The molecule has 3 aliphatic carbocycles. The maximum Gasteiger partial charge on any atom is 0.0557 e. The molecule has 0 atom stereocenters. The van der Waals surface area contributed by atoms with Crippen molar-refractivity contribution < 1.29 is 0 Å². The Labute approximate surface area is 376 Å². The molecule has 0 N–H and O–H groups in total. The van der Waals surface area contributed by atoms with E-state index in [1.807, 2.05) is 11.3 Å². The number of fused-ring (bicyclic) bond motifs is 9. The van der Waals surface area contributed by atoms with Crippen LogP contribution in [0.4, 0.5) is 17.1 Å². The molecule has 0 amide bonds. The highest BCUT2D eigenvalue weighted by molar-refractivity contribution is 7.20. The van der Waals surface area contributed by atoms with E-state index in [-0.39, 0.29) is 16.2 Å². The van der Waals surface area contributed by atoms with Crippen molar-refractivity contribution in [3.05, 3.63) is 221 Å². The Balaban J connectivity index is 1.18. The molecule has 9 aromatic rings. The topological polar surface area (TPSA) is 3.24 Å². The number of anilines is 3. The second kappa shape index (κ2) is 13.6. The predicted octanol–water partition coefficient (Wildman–Crippen LogP) is 17.1. The number of thiophene rings is 1. The molecule has 0 unspecified atom stereocenters. The third-order valence-corrected chi connectivity index (χ3v) is 15.9. The van der Waals surface area contributed by atoms with Crippen LogP contribution >= 0.6 is 11.3 Å². The molecule has 0 fully saturated rings. The molecule has 0 spiro atoms. The van der Waals surface area contributed by atoms with E-state index in [0.717, 1.165) is 0 Å². The third-order valence-electron chi connectivity index (χ3n) is 14.6. The normalized spacial score (nSPS) is 15.2. The molecule has 2 heteroatoms. The minimum absolute atomic E-state index is 0.152. The van der Waals surface area contributed by atoms with Gasteiger partial charge in [-0.15, -0.1) is 11.3 Å². The van der Waals surface area contributed by atoms with Gasteiger partial charge in [0.15, 0.2) is 0 Å². The summed E-state index contributed by atoms with van der Waals surface area (Å²) >= 11 is 1.96. The van der Waals surface area contributed by atoms with Crippen LogP contribution in [0.15, 0.2) is 188 Å². The minimum Gasteiger partial charge on any atom is -0.310 e. The first kappa shape index (κ1) is 38.0. The van der Waals surface area contributed by atoms with Crippen molar-refractivity contribution in [2.45, 2.75) is 57.8 Å². The van der Waals surface area contributed by atoms with Gasteiger partial charge in [-0.05, 0) is 114 Å². The van der Waals surface area contributed by atoms with Crippen LogP contribution in [-0.4, -0.2) is 0 Å². The summed E-state index contributed by atoms with van der Waals surface area (Å²) in [7, 11) is 0. The van der Waals surface area contributed by atoms with Gasteiger partial charge in [0, 0.05) is 48.5 Å². The van der Waals surface area contributed by atoms with Gasteiger partial charge in [-0.3, -0.25) is 0 Å². The van der Waals surface area contributed by atoms with E-state index < -0.39 is 0 Å². The predicted molar refractivity (Wildman–Crippen MR) is 268 cm³/mol. The molecular weight excluding hydrogens is 779 g/mol. The molecule has 0 saturated carbocycles. The first-order valence-electron chi connectivity index (χ1n) is 22.3. The monoisotopic (exact) mass is 827 g/mol. The maximum absolute atomic E-state index is 2.61. The van der Waals surface area contributed by atoms with E-state index in [1.54, 1.807) is 0 Å². The average Bonchev–Trinajstić information content (AvgIpc) is 3.97. The highest BCUT2D eigenvalue weighted by atomic mass is 32.1. The molecule has 0 saturated heterocycles. The van der Waals surface area contributed by atoms with Crippen molar-refractivity contribution in [2.24, 2.45) is 0 Å². The van der Waals surface area contributed by atoms with Crippen molar-refractivity contribution >= 4 is 28.4 Å². The fourth-order valence-corrected chi connectivity index (χ4v) is 13.0. The van der Waals surface area contributed by atoms with Gasteiger partial charge in [0.05, 0.1) is 5.69 Å². The standard InChI is InChI=1S/C61H49NS/c1-59(2)48-28-18-16-26-44(48)46-32-30-42(36-50(46)59)62(43-31-33-47-45-27-17-19-29-49(45)60(3,4)51(47)37-43)53-35-41(38-20-10-7-11-21-38)34-52-55(53)58-56(61(52,5)6)54(39-22-12-8-13-23-39)57(63-58)40-24-14-9-15-25-40/h7-37H,1-6H3. The molecule has 1 aromatic heterocycles. The van der Waals surface area contributed by atoms with Gasteiger partial charge in [0.2, 0.25) is 0 Å². The van der Waals surface area contributed by atoms with E-state index in [2.05, 4.69) is 234 Å².